The molecule has 0 bridgehead atoms. The summed E-state index contributed by atoms with van der Waals surface area (Å²) in [6.45, 7) is 3.09. The summed E-state index contributed by atoms with van der Waals surface area (Å²) in [5.74, 6) is -0.274. The molecule has 37 heavy (non-hydrogen) atoms. The van der Waals surface area contributed by atoms with Gasteiger partial charge in [0.25, 0.3) is 0 Å². The lowest BCUT2D eigenvalue weighted by atomic mass is 10.1. The van der Waals surface area contributed by atoms with Gasteiger partial charge in [0.15, 0.2) is 0 Å². The van der Waals surface area contributed by atoms with E-state index in [-0.39, 0.29) is 30.9 Å². The van der Waals surface area contributed by atoms with E-state index in [1.165, 1.54) is 24.8 Å². The van der Waals surface area contributed by atoms with Crippen LogP contribution in [0, 0.1) is 0 Å². The number of amides is 1. The molecule has 1 atom stereocenters. The zero-order chi connectivity index (χ0) is 26.7. The highest BCUT2D eigenvalue weighted by Crippen LogP contribution is 2.09. The molecule has 0 radical (unpaired) electrons. The van der Waals surface area contributed by atoms with Crippen molar-refractivity contribution in [2.45, 2.75) is 70.4 Å². The second kappa shape index (κ2) is 18.5. The summed E-state index contributed by atoms with van der Waals surface area (Å²) < 4.78 is 5.40. The van der Waals surface area contributed by atoms with Crippen molar-refractivity contribution in [1.82, 2.24) is 15.1 Å². The molecule has 0 aliphatic carbocycles. The van der Waals surface area contributed by atoms with Crippen molar-refractivity contribution in [1.29, 1.82) is 0 Å². The van der Waals surface area contributed by atoms with Gasteiger partial charge in [0.1, 0.15) is 6.61 Å². The standard InChI is InChI=1S/C31H47N3O3/c1-33(2)25-29(24-31(36)37-26-28-18-12-9-13-19-28)32-30(35)20-14-6-4-5-7-15-22-34(3)23-21-27-16-10-8-11-17-27/h8-13,16-19,29H,4-7,14-15,20-26H2,1-3H3,(H,32,35)/t29-/m1/s1. The molecule has 0 unspecified atom stereocenters. The Hall–Kier alpha value is -2.70. The molecule has 0 saturated heterocycles. The topological polar surface area (TPSA) is 61.9 Å². The first-order valence-corrected chi connectivity index (χ1v) is 13.8. The number of hydrogen-bond acceptors (Lipinski definition) is 5. The second-order valence-corrected chi connectivity index (χ2v) is 10.3. The number of nitrogens with one attached hydrogen (secondary N) is 1. The Morgan fingerprint density at radius 2 is 1.38 bits per heavy atom. The highest BCUT2D eigenvalue weighted by Gasteiger charge is 2.18. The maximum Gasteiger partial charge on any atom is 0.308 e. The lowest BCUT2D eigenvalue weighted by Gasteiger charge is -2.22. The normalized spacial score (nSPS) is 12.0. The molecule has 0 heterocycles. The van der Waals surface area contributed by atoms with Crippen molar-refractivity contribution < 1.29 is 14.3 Å². The number of hydrogen-bond donors (Lipinski definition) is 1. The molecule has 204 valence electrons. The summed E-state index contributed by atoms with van der Waals surface area (Å²) in [7, 11) is 6.08. The van der Waals surface area contributed by atoms with Crippen LogP contribution in [-0.4, -0.2) is 68.5 Å². The van der Waals surface area contributed by atoms with Crippen LogP contribution in [0.15, 0.2) is 60.7 Å². The average Bonchev–Trinajstić information content (AvgIpc) is 2.88. The fourth-order valence-electron chi connectivity index (χ4n) is 4.35. The molecule has 1 N–H and O–H groups in total. The third kappa shape index (κ3) is 15.2. The lowest BCUT2D eigenvalue weighted by molar-refractivity contribution is -0.145. The number of ether oxygens (including phenoxy) is 1. The molecule has 6 heteroatoms. The van der Waals surface area contributed by atoms with Gasteiger partial charge in [-0.1, -0.05) is 86.3 Å². The molecular formula is C31H47N3O3. The highest BCUT2D eigenvalue weighted by atomic mass is 16.5. The van der Waals surface area contributed by atoms with E-state index in [0.29, 0.717) is 13.0 Å². The summed E-state index contributed by atoms with van der Waals surface area (Å²) >= 11 is 0. The van der Waals surface area contributed by atoms with E-state index in [0.717, 1.165) is 44.3 Å². The van der Waals surface area contributed by atoms with E-state index in [4.69, 9.17) is 4.74 Å². The average molecular weight is 510 g/mol. The SMILES string of the molecule is CN(C)C[C@@H](CC(=O)OCc1ccccc1)NC(=O)CCCCCCCCN(C)CCc1ccccc1. The minimum atomic E-state index is -0.290. The number of unbranched alkanes of at least 4 members (excludes halogenated alkanes) is 5. The first-order chi connectivity index (χ1) is 17.9. The molecule has 2 aromatic rings. The number of nitrogens with zero attached hydrogens (tertiary/aromatic N) is 2. The maximum atomic E-state index is 12.5. The fraction of sp³-hybridized carbons (Fsp3) is 0.548. The van der Waals surface area contributed by atoms with Crippen LogP contribution in [0.5, 0.6) is 0 Å². The van der Waals surface area contributed by atoms with Gasteiger partial charge in [-0.2, -0.15) is 0 Å². The summed E-state index contributed by atoms with van der Waals surface area (Å²) in [5.41, 5.74) is 2.36. The summed E-state index contributed by atoms with van der Waals surface area (Å²) in [6, 6.07) is 20.0. The first-order valence-electron chi connectivity index (χ1n) is 13.8. The van der Waals surface area contributed by atoms with E-state index in [9.17, 15) is 9.59 Å². The van der Waals surface area contributed by atoms with Gasteiger partial charge in [0.2, 0.25) is 5.91 Å². The van der Waals surface area contributed by atoms with Crippen LogP contribution < -0.4 is 5.32 Å². The van der Waals surface area contributed by atoms with Gasteiger partial charge in [-0.25, -0.2) is 0 Å². The van der Waals surface area contributed by atoms with Crippen LogP contribution >= 0.6 is 0 Å². The Morgan fingerprint density at radius 3 is 2.03 bits per heavy atom. The molecule has 1 amide bonds. The third-order valence-corrected chi connectivity index (χ3v) is 6.43. The van der Waals surface area contributed by atoms with Crippen LogP contribution in [0.25, 0.3) is 0 Å². The van der Waals surface area contributed by atoms with Crippen molar-refractivity contribution in [3.05, 3.63) is 71.8 Å². The number of esters is 1. The van der Waals surface area contributed by atoms with Crippen molar-refractivity contribution in [2.24, 2.45) is 0 Å². The van der Waals surface area contributed by atoms with E-state index in [1.807, 2.05) is 49.3 Å². The van der Waals surface area contributed by atoms with E-state index < -0.39 is 0 Å². The van der Waals surface area contributed by atoms with E-state index in [1.54, 1.807) is 0 Å². The largest absolute Gasteiger partial charge is 0.461 e. The van der Waals surface area contributed by atoms with Gasteiger partial charge in [0, 0.05) is 19.5 Å². The first kappa shape index (κ1) is 30.5. The van der Waals surface area contributed by atoms with Crippen LogP contribution in [-0.2, 0) is 27.4 Å². The van der Waals surface area contributed by atoms with E-state index >= 15 is 0 Å². The Morgan fingerprint density at radius 1 is 0.784 bits per heavy atom. The Bertz CT molecular complexity index is 874. The predicted molar refractivity (Wildman–Crippen MR) is 151 cm³/mol. The Balaban J connectivity index is 1.52. The van der Waals surface area contributed by atoms with Crippen molar-refractivity contribution in [3.8, 4) is 0 Å². The Kier molecular flexibility index (Phi) is 15.3. The molecule has 0 aliphatic heterocycles. The number of carbonyl (C=O) groups is 2. The third-order valence-electron chi connectivity index (χ3n) is 6.43. The van der Waals surface area contributed by atoms with Gasteiger partial charge in [-0.15, -0.1) is 0 Å². The summed E-state index contributed by atoms with van der Waals surface area (Å²) in [6.07, 6.45) is 8.56. The van der Waals surface area contributed by atoms with Crippen LogP contribution in [0.3, 0.4) is 0 Å². The maximum absolute atomic E-state index is 12.5. The van der Waals surface area contributed by atoms with Crippen LogP contribution in [0.2, 0.25) is 0 Å². The molecule has 0 saturated carbocycles. The minimum absolute atomic E-state index is 0.0164. The van der Waals surface area contributed by atoms with Gasteiger partial charge in [-0.05, 0) is 58.1 Å². The van der Waals surface area contributed by atoms with Gasteiger partial charge < -0.3 is 19.9 Å². The number of carbonyl (C=O) groups excluding carboxylic acids is 2. The van der Waals surface area contributed by atoms with Gasteiger partial charge in [0.05, 0.1) is 12.5 Å². The smallest absolute Gasteiger partial charge is 0.308 e. The minimum Gasteiger partial charge on any atom is -0.461 e. The van der Waals surface area contributed by atoms with Gasteiger partial charge >= 0.3 is 5.97 Å². The molecule has 2 aromatic carbocycles. The molecule has 6 nitrogen and oxygen atoms in total. The zero-order valence-electron chi connectivity index (χ0n) is 23.2. The van der Waals surface area contributed by atoms with Crippen molar-refractivity contribution in [3.63, 3.8) is 0 Å². The van der Waals surface area contributed by atoms with Crippen molar-refractivity contribution in [2.75, 3.05) is 40.8 Å². The van der Waals surface area contributed by atoms with Crippen molar-refractivity contribution >= 4 is 11.9 Å². The monoisotopic (exact) mass is 509 g/mol. The Labute approximate surface area is 224 Å². The molecule has 0 aliphatic rings. The molecule has 0 aromatic heterocycles. The zero-order valence-corrected chi connectivity index (χ0v) is 23.2. The van der Waals surface area contributed by atoms with Crippen LogP contribution in [0.1, 0.15) is 62.5 Å². The summed E-state index contributed by atoms with van der Waals surface area (Å²) in [5, 5.41) is 3.04. The molecular weight excluding hydrogens is 462 g/mol. The van der Waals surface area contributed by atoms with Crippen LogP contribution in [0.4, 0.5) is 0 Å². The summed E-state index contributed by atoms with van der Waals surface area (Å²) in [4.78, 5) is 29.2. The highest BCUT2D eigenvalue weighted by molar-refractivity contribution is 5.77. The number of rotatable bonds is 19. The number of benzene rings is 2. The lowest BCUT2D eigenvalue weighted by Crippen LogP contribution is -2.43. The van der Waals surface area contributed by atoms with E-state index in [2.05, 4.69) is 47.6 Å². The quantitative estimate of drug-likeness (QED) is 0.212. The fourth-order valence-corrected chi connectivity index (χ4v) is 4.35. The second-order valence-electron chi connectivity index (χ2n) is 10.3. The number of likely N-dealkylation sites (N-methyl/N-ethyl adjacent to an activating group) is 2. The van der Waals surface area contributed by atoms with Gasteiger partial charge in [-0.3, -0.25) is 9.59 Å². The molecule has 0 spiro atoms. The predicted octanol–water partition coefficient (Wildman–Crippen LogP) is 5.07. The molecule has 2 rings (SSSR count). The molecule has 0 fully saturated rings.